The van der Waals surface area contributed by atoms with Crippen molar-refractivity contribution >= 4 is 45.9 Å². The SMILES string of the molecule is CC(C(=O)Nc1nc2c(s1)CN(Cc1ccccc1)CC2)n1c(-c2cccs2)n[nH]c1=S. The summed E-state index contributed by atoms with van der Waals surface area (Å²) in [5.74, 6) is 0.509. The van der Waals surface area contributed by atoms with Gasteiger partial charge in [-0.25, -0.2) is 4.98 Å². The van der Waals surface area contributed by atoms with E-state index in [2.05, 4.69) is 44.7 Å². The van der Waals surface area contributed by atoms with Crippen LogP contribution in [0, 0.1) is 4.77 Å². The van der Waals surface area contributed by atoms with Crippen LogP contribution in [-0.4, -0.2) is 37.1 Å². The Kier molecular flexibility index (Phi) is 6.01. The van der Waals surface area contributed by atoms with Gasteiger partial charge in [0.15, 0.2) is 15.7 Å². The summed E-state index contributed by atoms with van der Waals surface area (Å²) in [5, 5.41) is 12.7. The maximum Gasteiger partial charge on any atom is 0.249 e. The third-order valence-corrected chi connectivity index (χ3v) is 7.65. The third-order valence-electron chi connectivity index (χ3n) is 5.50. The number of nitrogens with one attached hydrogen (secondary N) is 2. The normalized spacial score (nSPS) is 14.8. The molecule has 4 heterocycles. The van der Waals surface area contributed by atoms with Gasteiger partial charge in [-0.05, 0) is 36.2 Å². The topological polar surface area (TPSA) is 78.8 Å². The van der Waals surface area contributed by atoms with E-state index in [9.17, 15) is 4.79 Å². The number of thiophene rings is 1. The molecule has 0 spiro atoms. The van der Waals surface area contributed by atoms with Crippen molar-refractivity contribution in [3.8, 4) is 10.7 Å². The van der Waals surface area contributed by atoms with Gasteiger partial charge in [0.1, 0.15) is 6.04 Å². The molecule has 0 saturated carbocycles. The van der Waals surface area contributed by atoms with Crippen LogP contribution >= 0.6 is 34.9 Å². The molecular formula is C22H22N6OS3. The molecule has 7 nitrogen and oxygen atoms in total. The van der Waals surface area contributed by atoms with Gasteiger partial charge in [0.2, 0.25) is 5.91 Å². The Morgan fingerprint density at radius 2 is 2.12 bits per heavy atom. The quantitative estimate of drug-likeness (QED) is 0.383. The number of thiazole rings is 1. The van der Waals surface area contributed by atoms with E-state index in [0.29, 0.717) is 15.7 Å². The summed E-state index contributed by atoms with van der Waals surface area (Å²) >= 11 is 8.51. The van der Waals surface area contributed by atoms with E-state index < -0.39 is 6.04 Å². The first-order valence-electron chi connectivity index (χ1n) is 10.3. The number of hydrogen-bond donors (Lipinski definition) is 2. The van der Waals surface area contributed by atoms with Gasteiger partial charge in [0, 0.05) is 30.9 Å². The number of hydrogen-bond acceptors (Lipinski definition) is 7. The van der Waals surface area contributed by atoms with Crippen LogP contribution < -0.4 is 5.32 Å². The van der Waals surface area contributed by atoms with Gasteiger partial charge < -0.3 is 5.32 Å². The second-order valence-electron chi connectivity index (χ2n) is 7.70. The number of benzene rings is 1. The fourth-order valence-electron chi connectivity index (χ4n) is 3.85. The van der Waals surface area contributed by atoms with Gasteiger partial charge in [-0.1, -0.05) is 36.4 Å². The highest BCUT2D eigenvalue weighted by Crippen LogP contribution is 2.30. The van der Waals surface area contributed by atoms with Gasteiger partial charge in [-0.2, -0.15) is 5.10 Å². The smallest absolute Gasteiger partial charge is 0.249 e. The predicted octanol–water partition coefficient (Wildman–Crippen LogP) is 4.88. The van der Waals surface area contributed by atoms with Crippen molar-refractivity contribution in [1.82, 2.24) is 24.6 Å². The number of aromatic amines is 1. The molecule has 5 rings (SSSR count). The van der Waals surface area contributed by atoms with E-state index in [1.54, 1.807) is 27.2 Å². The van der Waals surface area contributed by atoms with Crippen molar-refractivity contribution in [3.63, 3.8) is 0 Å². The Labute approximate surface area is 198 Å². The van der Waals surface area contributed by atoms with Crippen molar-refractivity contribution in [2.75, 3.05) is 11.9 Å². The summed E-state index contributed by atoms with van der Waals surface area (Å²) in [5.41, 5.74) is 2.39. The van der Waals surface area contributed by atoms with Crippen LogP contribution in [0.5, 0.6) is 0 Å². The summed E-state index contributed by atoms with van der Waals surface area (Å²) in [6, 6.07) is 13.9. The van der Waals surface area contributed by atoms with Gasteiger partial charge >= 0.3 is 0 Å². The summed E-state index contributed by atoms with van der Waals surface area (Å²) < 4.78 is 2.18. The highest BCUT2D eigenvalue weighted by Gasteiger charge is 2.25. The molecule has 0 bridgehead atoms. The van der Waals surface area contributed by atoms with Crippen molar-refractivity contribution in [2.24, 2.45) is 0 Å². The van der Waals surface area contributed by atoms with Crippen LogP contribution in [0.3, 0.4) is 0 Å². The van der Waals surface area contributed by atoms with Gasteiger partial charge in [-0.15, -0.1) is 22.7 Å². The predicted molar refractivity (Wildman–Crippen MR) is 130 cm³/mol. The van der Waals surface area contributed by atoms with E-state index >= 15 is 0 Å². The zero-order valence-corrected chi connectivity index (χ0v) is 19.9. The summed E-state index contributed by atoms with van der Waals surface area (Å²) in [6.45, 7) is 4.56. The average Bonchev–Trinajstić information content (AvgIpc) is 3.53. The first kappa shape index (κ1) is 21.2. The van der Waals surface area contributed by atoms with Gasteiger partial charge in [0.05, 0.1) is 10.6 Å². The molecular weight excluding hydrogens is 460 g/mol. The van der Waals surface area contributed by atoms with Crippen LogP contribution in [0.4, 0.5) is 5.13 Å². The van der Waals surface area contributed by atoms with Crippen molar-refractivity contribution in [2.45, 2.75) is 32.5 Å². The maximum absolute atomic E-state index is 13.0. The van der Waals surface area contributed by atoms with Crippen molar-refractivity contribution < 1.29 is 4.79 Å². The molecule has 0 fully saturated rings. The minimum absolute atomic E-state index is 0.160. The van der Waals surface area contributed by atoms with Crippen LogP contribution in [0.15, 0.2) is 47.8 Å². The molecule has 2 N–H and O–H groups in total. The second kappa shape index (κ2) is 9.07. The Hall–Kier alpha value is -2.66. The lowest BCUT2D eigenvalue weighted by molar-refractivity contribution is -0.118. The van der Waals surface area contributed by atoms with Crippen molar-refractivity contribution in [3.05, 3.63) is 68.8 Å². The Bertz CT molecular complexity index is 1270. The van der Waals surface area contributed by atoms with E-state index in [1.165, 1.54) is 10.4 Å². The molecule has 1 unspecified atom stereocenters. The highest BCUT2D eigenvalue weighted by molar-refractivity contribution is 7.71. The van der Waals surface area contributed by atoms with Crippen LogP contribution in [-0.2, 0) is 24.3 Å². The molecule has 164 valence electrons. The molecule has 1 aliphatic heterocycles. The zero-order chi connectivity index (χ0) is 22.1. The van der Waals surface area contributed by atoms with Gasteiger partial charge in [0.25, 0.3) is 0 Å². The summed E-state index contributed by atoms with van der Waals surface area (Å²) in [4.78, 5) is 22.3. The Morgan fingerprint density at radius 1 is 1.28 bits per heavy atom. The number of H-pyrrole nitrogens is 1. The standard InChI is InChI=1S/C22H22N6OS3/c1-14(28-19(25-26-22(28)30)17-8-5-11-31-17)20(29)24-21-23-16-9-10-27(13-18(16)32-21)12-15-6-3-2-4-7-15/h2-8,11,14H,9-10,12-13H2,1H3,(H,26,30)(H,23,24,29). The first-order chi connectivity index (χ1) is 15.6. The molecule has 3 aromatic heterocycles. The van der Waals surface area contributed by atoms with E-state index in [0.717, 1.165) is 36.6 Å². The van der Waals surface area contributed by atoms with E-state index in [-0.39, 0.29) is 5.91 Å². The lowest BCUT2D eigenvalue weighted by Gasteiger charge is -2.25. The molecule has 1 aliphatic rings. The summed E-state index contributed by atoms with van der Waals surface area (Å²) in [7, 11) is 0. The third kappa shape index (κ3) is 4.31. The minimum atomic E-state index is -0.520. The number of aromatic nitrogens is 4. The molecule has 4 aromatic rings. The Morgan fingerprint density at radius 3 is 2.91 bits per heavy atom. The molecule has 32 heavy (non-hydrogen) atoms. The number of carbonyl (C=O) groups excluding carboxylic acids is 1. The molecule has 0 radical (unpaired) electrons. The maximum atomic E-state index is 13.0. The molecule has 1 atom stereocenters. The Balaban J connectivity index is 1.29. The lowest BCUT2D eigenvalue weighted by Crippen LogP contribution is -2.29. The first-order valence-corrected chi connectivity index (χ1v) is 12.5. The van der Waals surface area contributed by atoms with Crippen LogP contribution in [0.1, 0.15) is 29.1 Å². The average molecular weight is 483 g/mol. The largest absolute Gasteiger partial charge is 0.300 e. The molecule has 1 amide bonds. The zero-order valence-electron chi connectivity index (χ0n) is 17.4. The molecule has 1 aromatic carbocycles. The monoisotopic (exact) mass is 482 g/mol. The fraction of sp³-hybridized carbons (Fsp3) is 0.273. The number of rotatable bonds is 6. The highest BCUT2D eigenvalue weighted by atomic mass is 32.1. The molecule has 0 saturated heterocycles. The fourth-order valence-corrected chi connectivity index (χ4v) is 5.90. The van der Waals surface area contributed by atoms with E-state index in [1.807, 2.05) is 30.5 Å². The number of fused-ring (bicyclic) bond motifs is 1. The number of carbonyl (C=O) groups is 1. The van der Waals surface area contributed by atoms with Crippen LogP contribution in [0.2, 0.25) is 0 Å². The number of nitrogens with zero attached hydrogens (tertiary/aromatic N) is 4. The number of anilines is 1. The van der Waals surface area contributed by atoms with Gasteiger partial charge in [-0.3, -0.25) is 19.4 Å². The van der Waals surface area contributed by atoms with Crippen molar-refractivity contribution in [1.29, 1.82) is 0 Å². The lowest BCUT2D eigenvalue weighted by atomic mass is 10.1. The molecule has 10 heteroatoms. The minimum Gasteiger partial charge on any atom is -0.300 e. The summed E-state index contributed by atoms with van der Waals surface area (Å²) in [6.07, 6.45) is 0.888. The van der Waals surface area contributed by atoms with Crippen LogP contribution in [0.25, 0.3) is 10.7 Å². The number of amides is 1. The van der Waals surface area contributed by atoms with E-state index in [4.69, 9.17) is 17.2 Å². The second-order valence-corrected chi connectivity index (χ2v) is 10.1. The molecule has 0 aliphatic carbocycles.